The number of aryl methyl sites for hydroxylation is 1. The third-order valence-corrected chi connectivity index (χ3v) is 10.6. The highest BCUT2D eigenvalue weighted by Gasteiger charge is 2.32. The fourth-order valence-electron chi connectivity index (χ4n) is 3.38. The second kappa shape index (κ2) is 9.57. The quantitative estimate of drug-likeness (QED) is 0.619. The molecule has 1 amide bonds. The van der Waals surface area contributed by atoms with Crippen molar-refractivity contribution in [1.82, 2.24) is 13.5 Å². The predicted molar refractivity (Wildman–Crippen MR) is 125 cm³/mol. The zero-order valence-electron chi connectivity index (χ0n) is 18.5. The van der Waals surface area contributed by atoms with Gasteiger partial charge in [-0.2, -0.15) is 4.31 Å². The van der Waals surface area contributed by atoms with Gasteiger partial charge in [-0.15, -0.1) is 11.3 Å². The van der Waals surface area contributed by atoms with Gasteiger partial charge in [0, 0.05) is 46.0 Å². The van der Waals surface area contributed by atoms with Crippen molar-refractivity contribution in [3.05, 3.63) is 41.3 Å². The van der Waals surface area contributed by atoms with Crippen LogP contribution in [0, 0.1) is 6.92 Å². The second-order valence-corrected chi connectivity index (χ2v) is 13.1. The van der Waals surface area contributed by atoms with E-state index in [1.165, 1.54) is 41.9 Å². The van der Waals surface area contributed by atoms with Crippen LogP contribution in [0.25, 0.3) is 0 Å². The summed E-state index contributed by atoms with van der Waals surface area (Å²) in [5.74, 6) is -0.276. The van der Waals surface area contributed by atoms with Crippen LogP contribution in [-0.2, 0) is 24.8 Å². The molecule has 1 N–H and O–H groups in total. The smallest absolute Gasteiger partial charge is 0.252 e. The highest BCUT2D eigenvalue weighted by atomic mass is 32.2. The number of nitrogens with zero attached hydrogens (tertiary/aromatic N) is 3. The average molecular weight is 501 g/mol. The average Bonchev–Trinajstić information content (AvgIpc) is 3.30. The number of carbonyl (C=O) groups is 1. The van der Waals surface area contributed by atoms with Gasteiger partial charge in [0.2, 0.25) is 15.9 Å². The number of amides is 1. The molecule has 1 atom stereocenters. The molecule has 0 saturated carbocycles. The summed E-state index contributed by atoms with van der Waals surface area (Å²) in [4.78, 5) is 14.9. The first-order valence-electron chi connectivity index (χ1n) is 10.1. The van der Waals surface area contributed by atoms with E-state index in [2.05, 4.69) is 5.32 Å². The molecule has 0 unspecified atom stereocenters. The topological polar surface area (TPSA) is 107 Å². The van der Waals surface area contributed by atoms with E-state index in [-0.39, 0.29) is 10.8 Å². The molecule has 9 nitrogen and oxygen atoms in total. The van der Waals surface area contributed by atoms with Crippen molar-refractivity contribution in [3.8, 4) is 0 Å². The number of rotatable bonds is 7. The number of anilines is 1. The molecule has 12 heteroatoms. The van der Waals surface area contributed by atoms with Gasteiger partial charge in [-0.1, -0.05) is 12.1 Å². The molecule has 1 aromatic carbocycles. The molecular weight excluding hydrogens is 472 g/mol. The standard InChI is InChI=1S/C20H28N4O5S3/c1-15-7-8-17(31(26,27)22(3)4)14-18(15)21-20(25)16(2)23-9-11-24(12-10-23)32(28,29)19-6-5-13-30-19/h5-8,13-14,16H,9-12H2,1-4H3,(H,21,25)/t16-/m0/s1. The zero-order valence-corrected chi connectivity index (χ0v) is 20.9. The number of hydrogen-bond donors (Lipinski definition) is 1. The lowest BCUT2D eigenvalue weighted by Crippen LogP contribution is -2.53. The Morgan fingerprint density at radius 3 is 2.31 bits per heavy atom. The molecule has 0 bridgehead atoms. The van der Waals surface area contributed by atoms with Crippen LogP contribution in [0.1, 0.15) is 12.5 Å². The van der Waals surface area contributed by atoms with Crippen LogP contribution in [0.15, 0.2) is 44.8 Å². The number of thiophene rings is 1. The predicted octanol–water partition coefficient (Wildman–Crippen LogP) is 1.64. The van der Waals surface area contributed by atoms with E-state index >= 15 is 0 Å². The minimum absolute atomic E-state index is 0.100. The Morgan fingerprint density at radius 2 is 1.75 bits per heavy atom. The van der Waals surface area contributed by atoms with E-state index in [0.29, 0.717) is 36.1 Å². The molecule has 3 rings (SSSR count). The first-order chi connectivity index (χ1) is 14.9. The number of hydrogen-bond acceptors (Lipinski definition) is 7. The normalized spacial score (nSPS) is 17.4. The highest BCUT2D eigenvalue weighted by molar-refractivity contribution is 7.91. The molecule has 1 fully saturated rings. The van der Waals surface area contributed by atoms with E-state index in [4.69, 9.17) is 0 Å². The summed E-state index contributed by atoms with van der Waals surface area (Å²) in [6, 6.07) is 7.43. The number of nitrogens with one attached hydrogen (secondary N) is 1. The third kappa shape index (κ3) is 5.05. The molecule has 0 spiro atoms. The largest absolute Gasteiger partial charge is 0.324 e. The maximum atomic E-state index is 12.9. The van der Waals surface area contributed by atoms with Crippen LogP contribution in [0.3, 0.4) is 0 Å². The summed E-state index contributed by atoms with van der Waals surface area (Å²) < 4.78 is 53.1. The zero-order chi connectivity index (χ0) is 23.7. The van der Waals surface area contributed by atoms with Gasteiger partial charge < -0.3 is 5.32 Å². The Hall–Kier alpha value is -1.83. The van der Waals surface area contributed by atoms with Gasteiger partial charge in [0.25, 0.3) is 10.0 Å². The SMILES string of the molecule is Cc1ccc(S(=O)(=O)N(C)C)cc1NC(=O)[C@H](C)N1CCN(S(=O)(=O)c2cccs2)CC1. The summed E-state index contributed by atoms with van der Waals surface area (Å²) in [5, 5.41) is 4.56. The van der Waals surface area contributed by atoms with Gasteiger partial charge in [-0.3, -0.25) is 9.69 Å². The van der Waals surface area contributed by atoms with Crippen molar-refractivity contribution in [2.45, 2.75) is 29.0 Å². The first-order valence-corrected chi connectivity index (χ1v) is 13.8. The molecule has 1 aromatic heterocycles. The summed E-state index contributed by atoms with van der Waals surface area (Å²) >= 11 is 1.19. The molecule has 0 aliphatic carbocycles. The van der Waals surface area contributed by atoms with Crippen molar-refractivity contribution in [2.75, 3.05) is 45.6 Å². The van der Waals surface area contributed by atoms with Crippen molar-refractivity contribution in [2.24, 2.45) is 0 Å². The lowest BCUT2D eigenvalue weighted by Gasteiger charge is -2.36. The molecule has 2 aromatic rings. The Balaban J connectivity index is 1.66. The van der Waals surface area contributed by atoms with Crippen molar-refractivity contribution < 1.29 is 21.6 Å². The van der Waals surface area contributed by atoms with Crippen molar-refractivity contribution in [3.63, 3.8) is 0 Å². The Morgan fingerprint density at radius 1 is 1.09 bits per heavy atom. The van der Waals surface area contributed by atoms with Crippen LogP contribution in [-0.4, -0.2) is 82.6 Å². The number of sulfonamides is 2. The van der Waals surface area contributed by atoms with E-state index < -0.39 is 26.1 Å². The Labute approximate surface area is 193 Å². The molecule has 1 aliphatic heterocycles. The minimum atomic E-state index is -3.62. The summed E-state index contributed by atoms with van der Waals surface area (Å²) in [7, 11) is -4.22. The second-order valence-electron chi connectivity index (χ2n) is 7.80. The summed E-state index contributed by atoms with van der Waals surface area (Å²) in [5.41, 5.74) is 1.18. The van der Waals surface area contributed by atoms with Crippen LogP contribution in [0.2, 0.25) is 0 Å². The van der Waals surface area contributed by atoms with Gasteiger partial charge in [-0.25, -0.2) is 21.1 Å². The summed E-state index contributed by atoms with van der Waals surface area (Å²) in [6.07, 6.45) is 0. The minimum Gasteiger partial charge on any atom is -0.324 e. The third-order valence-electron chi connectivity index (χ3n) is 5.54. The van der Waals surface area contributed by atoms with E-state index in [0.717, 1.165) is 9.87 Å². The first kappa shape index (κ1) is 24.8. The molecule has 0 radical (unpaired) electrons. The fourth-order valence-corrected chi connectivity index (χ4v) is 6.87. The van der Waals surface area contributed by atoms with E-state index in [1.807, 2.05) is 4.90 Å². The molecule has 1 saturated heterocycles. The lowest BCUT2D eigenvalue weighted by molar-refractivity contribution is -0.121. The lowest BCUT2D eigenvalue weighted by atomic mass is 10.1. The van der Waals surface area contributed by atoms with Crippen molar-refractivity contribution >= 4 is 43.0 Å². The number of benzene rings is 1. The van der Waals surface area contributed by atoms with Crippen LogP contribution in [0.5, 0.6) is 0 Å². The van der Waals surface area contributed by atoms with Gasteiger partial charge in [0.05, 0.1) is 10.9 Å². The maximum Gasteiger partial charge on any atom is 0.252 e. The number of piperazine rings is 1. The van der Waals surface area contributed by atoms with Gasteiger partial charge >= 0.3 is 0 Å². The fraction of sp³-hybridized carbons (Fsp3) is 0.450. The van der Waals surface area contributed by atoms with Crippen molar-refractivity contribution in [1.29, 1.82) is 0 Å². The van der Waals surface area contributed by atoms with E-state index in [1.54, 1.807) is 37.4 Å². The van der Waals surface area contributed by atoms with E-state index in [9.17, 15) is 21.6 Å². The van der Waals surface area contributed by atoms with Gasteiger partial charge in [-0.05, 0) is 43.0 Å². The Bertz CT molecular complexity index is 1170. The summed E-state index contributed by atoms with van der Waals surface area (Å²) in [6.45, 7) is 5.00. The monoisotopic (exact) mass is 500 g/mol. The Kier molecular flexibility index (Phi) is 7.42. The highest BCUT2D eigenvalue weighted by Crippen LogP contribution is 2.24. The maximum absolute atomic E-state index is 12.9. The molecular formula is C20H28N4O5S3. The molecule has 32 heavy (non-hydrogen) atoms. The van der Waals surface area contributed by atoms with Crippen LogP contribution < -0.4 is 5.32 Å². The van der Waals surface area contributed by atoms with Gasteiger partial charge in [0.15, 0.2) is 0 Å². The number of carbonyl (C=O) groups excluding carboxylic acids is 1. The molecule has 1 aliphatic rings. The molecule has 176 valence electrons. The van der Waals surface area contributed by atoms with Gasteiger partial charge in [0.1, 0.15) is 4.21 Å². The van der Waals surface area contributed by atoms with Crippen LogP contribution >= 0.6 is 11.3 Å². The molecule has 2 heterocycles. The van der Waals surface area contributed by atoms with Crippen LogP contribution in [0.4, 0.5) is 5.69 Å².